The van der Waals surface area contributed by atoms with Crippen molar-refractivity contribution < 1.29 is 0 Å². The Hall–Kier alpha value is -1.32. The molecule has 0 atom stereocenters. The summed E-state index contributed by atoms with van der Waals surface area (Å²) in [6.07, 6.45) is 19.4. The van der Waals surface area contributed by atoms with E-state index in [0.29, 0.717) is 0 Å². The quantitative estimate of drug-likeness (QED) is 0.525. The molecule has 0 bridgehead atoms. The van der Waals surface area contributed by atoms with Crippen LogP contribution in [0.4, 0.5) is 0 Å². The van der Waals surface area contributed by atoms with Gasteiger partial charge in [-0.1, -0.05) is 0 Å². The molecule has 0 aromatic carbocycles. The summed E-state index contributed by atoms with van der Waals surface area (Å²) in [5.74, 6) is 8.60. The average Bonchev–Trinajstić information content (AvgIpc) is 2.16. The fraction of sp³-hybridized carbons (Fsp3) is 0.600. The van der Waals surface area contributed by atoms with Crippen LogP contribution in [0.5, 0.6) is 0 Å². The molecule has 0 aliphatic heterocycles. The maximum absolute atomic E-state index is 5.60. The van der Waals surface area contributed by atoms with Crippen LogP contribution in [-0.4, -0.2) is 0 Å². The fourth-order valence-electron chi connectivity index (χ4n) is 3.08. The minimum Gasteiger partial charge on any atom is -0.120 e. The third-order valence-electron chi connectivity index (χ3n) is 3.39. The Morgan fingerprint density at radius 3 is 1.00 bits per heavy atom. The smallest absolute Gasteiger partial charge is 0.0312 e. The van der Waals surface area contributed by atoms with E-state index in [1.165, 1.54) is 0 Å². The lowest BCUT2D eigenvalue weighted by molar-refractivity contribution is 0.0925. The van der Waals surface area contributed by atoms with Crippen LogP contribution >= 0.6 is 0 Å². The maximum atomic E-state index is 5.60. The molecule has 0 amide bonds. The Labute approximate surface area is 93.8 Å². The SMILES string of the molecule is C#CC1(C)CC(C)(C#C)CC(C)(C#C)C1. The van der Waals surface area contributed by atoms with Crippen LogP contribution in [0, 0.1) is 53.3 Å². The van der Waals surface area contributed by atoms with Crippen molar-refractivity contribution in [1.82, 2.24) is 0 Å². The topological polar surface area (TPSA) is 0 Å². The zero-order valence-corrected chi connectivity index (χ0v) is 9.85. The number of hydrogen-bond acceptors (Lipinski definition) is 0. The zero-order valence-electron chi connectivity index (χ0n) is 9.85. The van der Waals surface area contributed by atoms with Crippen LogP contribution in [0.15, 0.2) is 0 Å². The van der Waals surface area contributed by atoms with Crippen molar-refractivity contribution in [2.45, 2.75) is 40.0 Å². The van der Waals surface area contributed by atoms with Gasteiger partial charge in [-0.2, -0.15) is 0 Å². The van der Waals surface area contributed by atoms with E-state index in [9.17, 15) is 0 Å². The minimum atomic E-state index is -0.166. The fourth-order valence-corrected chi connectivity index (χ4v) is 3.08. The minimum absolute atomic E-state index is 0.166. The first-order valence-corrected chi connectivity index (χ1v) is 5.24. The van der Waals surface area contributed by atoms with Crippen molar-refractivity contribution in [3.05, 3.63) is 0 Å². The molecule has 0 spiro atoms. The predicted octanol–water partition coefficient (Wildman–Crippen LogP) is 3.09. The molecule has 0 N–H and O–H groups in total. The molecule has 1 saturated carbocycles. The summed E-state index contributed by atoms with van der Waals surface area (Å²) in [4.78, 5) is 0. The highest BCUT2D eigenvalue weighted by molar-refractivity contribution is 5.22. The molecule has 0 aromatic heterocycles. The van der Waals surface area contributed by atoms with Crippen LogP contribution in [0.1, 0.15) is 40.0 Å². The summed E-state index contributed by atoms with van der Waals surface area (Å²) in [6.45, 7) is 6.24. The van der Waals surface area contributed by atoms with Crippen molar-refractivity contribution in [2.75, 3.05) is 0 Å². The van der Waals surface area contributed by atoms with Gasteiger partial charge in [0.05, 0.1) is 0 Å². The summed E-state index contributed by atoms with van der Waals surface area (Å²) >= 11 is 0. The summed E-state index contributed by atoms with van der Waals surface area (Å²) in [6, 6.07) is 0. The second kappa shape index (κ2) is 3.36. The molecular weight excluding hydrogens is 180 g/mol. The molecule has 1 fully saturated rings. The molecule has 1 aliphatic carbocycles. The predicted molar refractivity (Wildman–Crippen MR) is 64.7 cm³/mol. The summed E-state index contributed by atoms with van der Waals surface area (Å²) < 4.78 is 0. The van der Waals surface area contributed by atoms with E-state index in [1.54, 1.807) is 0 Å². The Morgan fingerprint density at radius 1 is 0.667 bits per heavy atom. The maximum Gasteiger partial charge on any atom is 0.0312 e. The standard InChI is InChI=1S/C15H18/c1-7-13(4)10-14(5,8-2)12-15(6,9-3)11-13/h1-3H,10-12H2,4-6H3. The van der Waals surface area contributed by atoms with Crippen LogP contribution in [0.2, 0.25) is 0 Å². The molecule has 0 saturated heterocycles. The molecule has 78 valence electrons. The highest BCUT2D eigenvalue weighted by atomic mass is 14.5. The second-order valence-electron chi connectivity index (χ2n) is 5.65. The van der Waals surface area contributed by atoms with Gasteiger partial charge in [0.2, 0.25) is 0 Å². The van der Waals surface area contributed by atoms with E-state index in [-0.39, 0.29) is 16.2 Å². The lowest BCUT2D eigenvalue weighted by Gasteiger charge is -2.46. The second-order valence-corrected chi connectivity index (χ2v) is 5.65. The largest absolute Gasteiger partial charge is 0.120 e. The van der Waals surface area contributed by atoms with Gasteiger partial charge in [-0.05, 0) is 40.0 Å². The van der Waals surface area contributed by atoms with Crippen LogP contribution in [-0.2, 0) is 0 Å². The third kappa shape index (κ3) is 2.19. The van der Waals surface area contributed by atoms with E-state index >= 15 is 0 Å². The van der Waals surface area contributed by atoms with E-state index < -0.39 is 0 Å². The molecule has 0 heterocycles. The van der Waals surface area contributed by atoms with Crippen LogP contribution < -0.4 is 0 Å². The normalized spacial score (nSPS) is 44.8. The summed E-state index contributed by atoms with van der Waals surface area (Å²) in [7, 11) is 0. The lowest BCUT2D eigenvalue weighted by Crippen LogP contribution is -2.40. The van der Waals surface area contributed by atoms with Gasteiger partial charge in [-0.25, -0.2) is 0 Å². The molecular formula is C15H18. The number of rotatable bonds is 0. The van der Waals surface area contributed by atoms with Gasteiger partial charge in [-0.15, -0.1) is 37.0 Å². The van der Waals surface area contributed by atoms with Crippen molar-refractivity contribution in [2.24, 2.45) is 16.2 Å². The van der Waals surface area contributed by atoms with E-state index in [2.05, 4.69) is 38.5 Å². The van der Waals surface area contributed by atoms with Gasteiger partial charge in [-0.3, -0.25) is 0 Å². The first-order chi connectivity index (χ1) is 6.80. The highest BCUT2D eigenvalue weighted by Crippen LogP contribution is 2.53. The number of hydrogen-bond donors (Lipinski definition) is 0. The van der Waals surface area contributed by atoms with E-state index in [4.69, 9.17) is 19.3 Å². The van der Waals surface area contributed by atoms with Crippen molar-refractivity contribution >= 4 is 0 Å². The van der Waals surface area contributed by atoms with Crippen molar-refractivity contribution in [1.29, 1.82) is 0 Å². The van der Waals surface area contributed by atoms with Crippen LogP contribution in [0.3, 0.4) is 0 Å². The summed E-state index contributed by atoms with van der Waals surface area (Å²) in [5, 5.41) is 0. The molecule has 0 aromatic rings. The monoisotopic (exact) mass is 198 g/mol. The van der Waals surface area contributed by atoms with Gasteiger partial charge in [0, 0.05) is 16.2 Å². The Kier molecular flexibility index (Phi) is 2.63. The van der Waals surface area contributed by atoms with E-state index in [0.717, 1.165) is 19.3 Å². The van der Waals surface area contributed by atoms with Gasteiger partial charge in [0.25, 0.3) is 0 Å². The molecule has 15 heavy (non-hydrogen) atoms. The zero-order chi connectivity index (χ0) is 11.7. The Morgan fingerprint density at radius 2 is 0.867 bits per heavy atom. The third-order valence-corrected chi connectivity index (χ3v) is 3.39. The first-order valence-electron chi connectivity index (χ1n) is 5.24. The van der Waals surface area contributed by atoms with Gasteiger partial charge in [0.1, 0.15) is 0 Å². The van der Waals surface area contributed by atoms with Crippen molar-refractivity contribution in [3.63, 3.8) is 0 Å². The molecule has 0 unspecified atom stereocenters. The molecule has 0 radical (unpaired) electrons. The highest BCUT2D eigenvalue weighted by Gasteiger charge is 2.46. The Balaban J connectivity index is 3.13. The van der Waals surface area contributed by atoms with Gasteiger partial charge in [0.15, 0.2) is 0 Å². The Bertz CT molecular complexity index is 310. The molecule has 0 heteroatoms. The first kappa shape index (κ1) is 11.8. The van der Waals surface area contributed by atoms with Crippen molar-refractivity contribution in [3.8, 4) is 37.0 Å². The van der Waals surface area contributed by atoms with Gasteiger partial charge >= 0.3 is 0 Å². The lowest BCUT2D eigenvalue weighted by atomic mass is 9.55. The molecule has 1 aliphatic rings. The molecule has 0 nitrogen and oxygen atoms in total. The molecule has 1 rings (SSSR count). The summed E-state index contributed by atoms with van der Waals surface area (Å²) in [5.41, 5.74) is -0.499. The van der Waals surface area contributed by atoms with Crippen LogP contribution in [0.25, 0.3) is 0 Å². The van der Waals surface area contributed by atoms with E-state index in [1.807, 2.05) is 0 Å². The number of terminal acetylenes is 3. The van der Waals surface area contributed by atoms with Gasteiger partial charge < -0.3 is 0 Å². The average molecular weight is 198 g/mol.